The van der Waals surface area contributed by atoms with Crippen LogP contribution in [0, 0.1) is 0 Å². The lowest BCUT2D eigenvalue weighted by atomic mass is 9.89. The molecule has 0 aliphatic carbocycles. The third-order valence-corrected chi connectivity index (χ3v) is 10.3. The standard InChI is InChI=1S/C50H41N3O4/c54-49-32-40(48-26-24-42(33-53-48)50(55,56)57)23-25-45(49)44-8-2-1-7-43(44)41-30-36(13-11-34-15-19-38(20-16-34)46-9-3-5-27-51-46)29-37(31-41)14-12-35-17-21-39(22-18-35)47-10-4-6-28-52-47/h1-10,15-33,54-57H,11-14H2. The van der Waals surface area contributed by atoms with Crippen molar-refractivity contribution in [3.05, 3.63) is 204 Å². The van der Waals surface area contributed by atoms with E-state index in [0.29, 0.717) is 16.8 Å². The van der Waals surface area contributed by atoms with Gasteiger partial charge in [-0.25, -0.2) is 0 Å². The second-order valence-electron chi connectivity index (χ2n) is 14.2. The number of aromatic nitrogens is 3. The Morgan fingerprint density at radius 1 is 0.386 bits per heavy atom. The largest absolute Gasteiger partial charge is 0.507 e. The number of phenolic OH excluding ortho intramolecular Hbond substituents is 1. The third kappa shape index (κ3) is 8.88. The monoisotopic (exact) mass is 747 g/mol. The lowest BCUT2D eigenvalue weighted by Gasteiger charge is -2.16. The van der Waals surface area contributed by atoms with Crippen LogP contribution in [0.25, 0.3) is 56.0 Å². The first-order chi connectivity index (χ1) is 27.8. The van der Waals surface area contributed by atoms with Crippen molar-refractivity contribution < 1.29 is 20.4 Å². The second kappa shape index (κ2) is 16.5. The van der Waals surface area contributed by atoms with Gasteiger partial charge in [0.15, 0.2) is 0 Å². The Labute approximate surface area is 331 Å². The summed E-state index contributed by atoms with van der Waals surface area (Å²) in [4.78, 5) is 13.3. The topological polar surface area (TPSA) is 120 Å². The maximum atomic E-state index is 11.4. The highest BCUT2D eigenvalue weighted by Gasteiger charge is 2.22. The van der Waals surface area contributed by atoms with Gasteiger partial charge in [0.2, 0.25) is 0 Å². The average molecular weight is 748 g/mol. The third-order valence-electron chi connectivity index (χ3n) is 10.3. The van der Waals surface area contributed by atoms with Gasteiger partial charge in [0.1, 0.15) is 5.75 Å². The summed E-state index contributed by atoms with van der Waals surface area (Å²) in [5.41, 5.74) is 13.8. The van der Waals surface area contributed by atoms with Crippen LogP contribution in [0.15, 0.2) is 176 Å². The SMILES string of the molecule is Oc1cc(-c2ccc(C(O)(O)O)cn2)ccc1-c1ccccc1-c1cc(CCc2ccc(-c3ccccn3)cc2)cc(CCc2ccc(-c3ccccn3)cc2)c1. The molecule has 5 aromatic carbocycles. The van der Waals surface area contributed by atoms with Crippen molar-refractivity contribution in [1.29, 1.82) is 0 Å². The summed E-state index contributed by atoms with van der Waals surface area (Å²) in [5, 5.41) is 39.9. The Hall–Kier alpha value is -6.77. The molecule has 0 saturated carbocycles. The molecule has 8 aromatic rings. The van der Waals surface area contributed by atoms with Gasteiger partial charge in [-0.05, 0) is 113 Å². The maximum Gasteiger partial charge on any atom is 0.305 e. The molecule has 0 aliphatic rings. The summed E-state index contributed by atoms with van der Waals surface area (Å²) >= 11 is 0. The number of nitrogens with zero attached hydrogens (tertiary/aromatic N) is 3. The minimum atomic E-state index is -2.98. The van der Waals surface area contributed by atoms with Crippen LogP contribution in [0.4, 0.5) is 0 Å². The zero-order chi connectivity index (χ0) is 39.2. The van der Waals surface area contributed by atoms with Gasteiger partial charge in [-0.1, -0.05) is 109 Å². The Bertz CT molecular complexity index is 2480. The molecular formula is C50H41N3O4. The van der Waals surface area contributed by atoms with Gasteiger partial charge in [0, 0.05) is 40.8 Å². The highest BCUT2D eigenvalue weighted by Crippen LogP contribution is 2.39. The normalized spacial score (nSPS) is 11.4. The first kappa shape index (κ1) is 37.2. The van der Waals surface area contributed by atoms with Gasteiger partial charge in [-0.2, -0.15) is 0 Å². The number of pyridine rings is 3. The Morgan fingerprint density at radius 2 is 0.895 bits per heavy atom. The van der Waals surface area contributed by atoms with Crippen molar-refractivity contribution in [2.75, 3.05) is 0 Å². The van der Waals surface area contributed by atoms with Gasteiger partial charge in [-0.15, -0.1) is 0 Å². The van der Waals surface area contributed by atoms with Crippen LogP contribution in [0.1, 0.15) is 27.8 Å². The van der Waals surface area contributed by atoms with Crippen LogP contribution in [-0.2, 0) is 31.7 Å². The first-order valence-corrected chi connectivity index (χ1v) is 19.0. The molecule has 0 fully saturated rings. The summed E-state index contributed by atoms with van der Waals surface area (Å²) in [7, 11) is 0. The van der Waals surface area contributed by atoms with Crippen molar-refractivity contribution in [2.24, 2.45) is 0 Å². The highest BCUT2D eigenvalue weighted by molar-refractivity contribution is 5.87. The molecule has 3 heterocycles. The predicted octanol–water partition coefficient (Wildman–Crippen LogP) is 9.57. The van der Waals surface area contributed by atoms with Crippen LogP contribution in [-0.4, -0.2) is 35.4 Å². The molecule has 3 aromatic heterocycles. The van der Waals surface area contributed by atoms with Crippen LogP contribution in [0.3, 0.4) is 0 Å². The second-order valence-corrected chi connectivity index (χ2v) is 14.2. The van der Waals surface area contributed by atoms with Crippen molar-refractivity contribution >= 4 is 0 Å². The van der Waals surface area contributed by atoms with E-state index in [9.17, 15) is 20.4 Å². The minimum absolute atomic E-state index is 0.0892. The lowest BCUT2D eigenvalue weighted by molar-refractivity contribution is -0.324. The van der Waals surface area contributed by atoms with Gasteiger partial charge in [0.05, 0.1) is 22.6 Å². The molecule has 4 N–H and O–H groups in total. The fraction of sp³-hybridized carbons (Fsp3) is 0.100. The average Bonchev–Trinajstić information content (AvgIpc) is 3.25. The number of benzene rings is 5. The molecule has 7 nitrogen and oxygen atoms in total. The number of hydrogen-bond acceptors (Lipinski definition) is 7. The van der Waals surface area contributed by atoms with Crippen molar-refractivity contribution in [2.45, 2.75) is 31.7 Å². The molecule has 0 saturated heterocycles. The van der Waals surface area contributed by atoms with Gasteiger partial charge in [0.25, 0.3) is 0 Å². The smallest absolute Gasteiger partial charge is 0.305 e. The van der Waals surface area contributed by atoms with E-state index >= 15 is 0 Å². The Kier molecular flexibility index (Phi) is 10.8. The molecule has 0 bridgehead atoms. The van der Waals surface area contributed by atoms with Crippen LogP contribution >= 0.6 is 0 Å². The van der Waals surface area contributed by atoms with Crippen molar-refractivity contribution in [1.82, 2.24) is 15.0 Å². The van der Waals surface area contributed by atoms with Gasteiger partial charge in [-0.3, -0.25) is 15.0 Å². The molecule has 0 spiro atoms. The van der Waals surface area contributed by atoms with Gasteiger partial charge >= 0.3 is 5.97 Å². The van der Waals surface area contributed by atoms with Crippen LogP contribution in [0.2, 0.25) is 0 Å². The zero-order valence-electron chi connectivity index (χ0n) is 31.2. The number of hydrogen-bond donors (Lipinski definition) is 4. The molecule has 280 valence electrons. The van der Waals surface area contributed by atoms with Crippen molar-refractivity contribution in [3.8, 4) is 61.8 Å². The maximum absolute atomic E-state index is 11.4. The summed E-state index contributed by atoms with van der Waals surface area (Å²) < 4.78 is 0. The van der Waals surface area contributed by atoms with E-state index in [1.54, 1.807) is 12.1 Å². The Balaban J connectivity index is 1.08. The van der Waals surface area contributed by atoms with E-state index in [1.807, 2.05) is 79.1 Å². The first-order valence-electron chi connectivity index (χ1n) is 19.0. The van der Waals surface area contributed by atoms with Gasteiger partial charge < -0.3 is 20.4 Å². The number of phenols is 1. The molecule has 0 unspecified atom stereocenters. The van der Waals surface area contributed by atoms with E-state index in [2.05, 4.69) is 87.7 Å². The fourth-order valence-electron chi connectivity index (χ4n) is 7.19. The molecular weight excluding hydrogens is 707 g/mol. The number of aliphatic hydroxyl groups is 3. The summed E-state index contributed by atoms with van der Waals surface area (Å²) in [5.74, 6) is -2.89. The van der Waals surface area contributed by atoms with Crippen LogP contribution in [0.5, 0.6) is 5.75 Å². The lowest BCUT2D eigenvalue weighted by Crippen LogP contribution is -2.23. The van der Waals surface area contributed by atoms with Crippen molar-refractivity contribution in [3.63, 3.8) is 0 Å². The molecule has 0 atom stereocenters. The molecule has 0 aliphatic heterocycles. The highest BCUT2D eigenvalue weighted by atomic mass is 16.7. The number of aryl methyl sites for hydroxylation is 4. The Morgan fingerprint density at radius 3 is 1.39 bits per heavy atom. The van der Waals surface area contributed by atoms with E-state index in [4.69, 9.17) is 0 Å². The number of aromatic hydroxyl groups is 1. The van der Waals surface area contributed by atoms with E-state index in [-0.39, 0.29) is 11.3 Å². The molecule has 0 amide bonds. The molecule has 7 heteroatoms. The number of rotatable bonds is 12. The molecule has 0 radical (unpaired) electrons. The van der Waals surface area contributed by atoms with E-state index in [1.165, 1.54) is 34.5 Å². The predicted molar refractivity (Wildman–Crippen MR) is 225 cm³/mol. The molecule has 57 heavy (non-hydrogen) atoms. The fourth-order valence-corrected chi connectivity index (χ4v) is 7.19. The van der Waals surface area contributed by atoms with E-state index in [0.717, 1.165) is 64.9 Å². The summed E-state index contributed by atoms with van der Waals surface area (Å²) in [6.07, 6.45) is 8.31. The molecule has 8 rings (SSSR count). The minimum Gasteiger partial charge on any atom is -0.507 e. The summed E-state index contributed by atoms with van der Waals surface area (Å²) in [6.45, 7) is 0. The summed E-state index contributed by atoms with van der Waals surface area (Å²) in [6, 6.07) is 52.6. The van der Waals surface area contributed by atoms with E-state index < -0.39 is 5.97 Å². The zero-order valence-corrected chi connectivity index (χ0v) is 31.2. The van der Waals surface area contributed by atoms with Crippen LogP contribution < -0.4 is 0 Å². The quantitative estimate of drug-likeness (QED) is 0.0920.